The van der Waals surface area contributed by atoms with Crippen LogP contribution in [0.2, 0.25) is 0 Å². The molecule has 4 aromatic rings. The first-order valence-corrected chi connectivity index (χ1v) is 15.1. The van der Waals surface area contributed by atoms with Crippen LogP contribution in [0.5, 0.6) is 0 Å². The SMILES string of the molecule is C#CC(C)(CC)C(NC(=O)c1cc2ccccc2[nH]1)C(=O)N1CC2CC1CN2C(=O)c1ccc(-c2ncccc2CC)cn1. The van der Waals surface area contributed by atoms with Crippen molar-refractivity contribution in [2.75, 3.05) is 13.1 Å². The molecule has 0 radical (unpaired) electrons. The van der Waals surface area contributed by atoms with Crippen molar-refractivity contribution in [2.24, 2.45) is 5.41 Å². The first-order valence-electron chi connectivity index (χ1n) is 15.1. The average Bonchev–Trinajstić information content (AvgIpc) is 3.81. The predicted octanol–water partition coefficient (Wildman–Crippen LogP) is 4.46. The number of carbonyl (C=O) groups excluding carboxylic acids is 3. The molecule has 6 rings (SSSR count). The molecule has 4 unspecified atom stereocenters. The predicted molar refractivity (Wildman–Crippen MR) is 169 cm³/mol. The van der Waals surface area contributed by atoms with Gasteiger partial charge in [0.1, 0.15) is 17.4 Å². The van der Waals surface area contributed by atoms with Gasteiger partial charge in [-0.05, 0) is 62.1 Å². The minimum absolute atomic E-state index is 0.135. The number of aromatic nitrogens is 3. The van der Waals surface area contributed by atoms with Crippen LogP contribution in [0, 0.1) is 17.8 Å². The molecule has 9 nitrogen and oxygen atoms in total. The maximum Gasteiger partial charge on any atom is 0.272 e. The van der Waals surface area contributed by atoms with Gasteiger partial charge in [-0.2, -0.15) is 0 Å². The highest BCUT2D eigenvalue weighted by atomic mass is 16.2. The monoisotopic (exact) mass is 588 g/mol. The fourth-order valence-corrected chi connectivity index (χ4v) is 6.43. The van der Waals surface area contributed by atoms with Crippen LogP contribution in [0.4, 0.5) is 0 Å². The number of aryl methyl sites for hydroxylation is 1. The largest absolute Gasteiger partial charge is 0.351 e. The zero-order valence-corrected chi connectivity index (χ0v) is 25.2. The molecule has 2 fully saturated rings. The van der Waals surface area contributed by atoms with Crippen molar-refractivity contribution in [3.8, 4) is 23.6 Å². The Morgan fingerprint density at radius 3 is 2.50 bits per heavy atom. The summed E-state index contributed by atoms with van der Waals surface area (Å²) >= 11 is 0. The van der Waals surface area contributed by atoms with Gasteiger partial charge in [0.2, 0.25) is 5.91 Å². The zero-order valence-electron chi connectivity index (χ0n) is 25.2. The minimum atomic E-state index is -0.922. The summed E-state index contributed by atoms with van der Waals surface area (Å²) in [6.07, 6.45) is 11.4. The van der Waals surface area contributed by atoms with E-state index < -0.39 is 11.5 Å². The van der Waals surface area contributed by atoms with Gasteiger partial charge in [-0.15, -0.1) is 6.42 Å². The molecule has 2 aliphatic rings. The number of para-hydroxylation sites is 1. The Hall–Kier alpha value is -4.97. The van der Waals surface area contributed by atoms with Crippen molar-refractivity contribution in [3.63, 3.8) is 0 Å². The van der Waals surface area contributed by atoms with Crippen LogP contribution < -0.4 is 5.32 Å². The lowest BCUT2D eigenvalue weighted by Gasteiger charge is -2.39. The Bertz CT molecular complexity index is 1740. The summed E-state index contributed by atoms with van der Waals surface area (Å²) in [5, 5.41) is 3.87. The Morgan fingerprint density at radius 1 is 1.07 bits per heavy atom. The lowest BCUT2D eigenvalue weighted by atomic mass is 9.79. The number of carbonyl (C=O) groups is 3. The van der Waals surface area contributed by atoms with E-state index in [-0.39, 0.29) is 29.8 Å². The number of fused-ring (bicyclic) bond motifs is 3. The van der Waals surface area contributed by atoms with Gasteiger partial charge in [-0.25, -0.2) is 0 Å². The Kier molecular flexibility index (Phi) is 7.68. The minimum Gasteiger partial charge on any atom is -0.351 e. The molecule has 224 valence electrons. The summed E-state index contributed by atoms with van der Waals surface area (Å²) in [5.41, 5.74) is 3.53. The maximum atomic E-state index is 14.1. The third-order valence-electron chi connectivity index (χ3n) is 9.31. The number of hydrogen-bond acceptors (Lipinski definition) is 5. The molecule has 2 aliphatic heterocycles. The highest BCUT2D eigenvalue weighted by molar-refractivity contribution is 6.00. The second kappa shape index (κ2) is 11.6. The summed E-state index contributed by atoms with van der Waals surface area (Å²) in [6.45, 7) is 6.61. The number of piperazine rings is 1. The van der Waals surface area contributed by atoms with Crippen LogP contribution in [0.1, 0.15) is 60.2 Å². The van der Waals surface area contributed by atoms with Gasteiger partial charge in [-0.1, -0.05) is 44.0 Å². The number of nitrogens with zero attached hydrogens (tertiary/aromatic N) is 4. The molecule has 9 heteroatoms. The average molecular weight is 589 g/mol. The summed E-state index contributed by atoms with van der Waals surface area (Å²) in [7, 11) is 0. The van der Waals surface area contributed by atoms with Crippen molar-refractivity contribution < 1.29 is 14.4 Å². The van der Waals surface area contributed by atoms with Crippen molar-refractivity contribution in [1.29, 1.82) is 0 Å². The van der Waals surface area contributed by atoms with Crippen molar-refractivity contribution in [1.82, 2.24) is 30.1 Å². The molecule has 3 aromatic heterocycles. The fraction of sp³-hybridized carbons (Fsp3) is 0.343. The van der Waals surface area contributed by atoms with Gasteiger partial charge in [0.25, 0.3) is 11.8 Å². The Morgan fingerprint density at radius 2 is 1.84 bits per heavy atom. The van der Waals surface area contributed by atoms with Gasteiger partial charge in [0, 0.05) is 41.9 Å². The Balaban J connectivity index is 1.16. The molecule has 5 heterocycles. The number of likely N-dealkylation sites (tertiary alicyclic amines) is 2. The van der Waals surface area contributed by atoms with E-state index in [9.17, 15) is 14.4 Å². The van der Waals surface area contributed by atoms with E-state index in [1.165, 1.54) is 0 Å². The van der Waals surface area contributed by atoms with Crippen molar-refractivity contribution >= 4 is 28.6 Å². The topological polar surface area (TPSA) is 111 Å². The molecule has 0 spiro atoms. The Labute approximate surface area is 257 Å². The summed E-state index contributed by atoms with van der Waals surface area (Å²) < 4.78 is 0. The summed E-state index contributed by atoms with van der Waals surface area (Å²) in [6, 6.07) is 15.8. The quantitative estimate of drug-likeness (QED) is 0.295. The van der Waals surface area contributed by atoms with Crippen LogP contribution in [0.25, 0.3) is 22.2 Å². The van der Waals surface area contributed by atoms with E-state index in [0.717, 1.165) is 34.1 Å². The number of terminal acetylenes is 1. The number of hydrogen-bond donors (Lipinski definition) is 2. The lowest BCUT2D eigenvalue weighted by Crippen LogP contribution is -2.60. The number of pyridine rings is 2. The number of amides is 3. The lowest BCUT2D eigenvalue weighted by molar-refractivity contribution is -0.137. The van der Waals surface area contributed by atoms with E-state index in [2.05, 4.69) is 33.1 Å². The van der Waals surface area contributed by atoms with Crippen LogP contribution in [0.15, 0.2) is 67.0 Å². The normalized spacial score (nSPS) is 19.4. The van der Waals surface area contributed by atoms with Crippen molar-refractivity contribution in [2.45, 2.75) is 58.2 Å². The van der Waals surface area contributed by atoms with Crippen LogP contribution in [-0.2, 0) is 11.2 Å². The molecular formula is C35H36N6O3. The number of nitrogens with one attached hydrogen (secondary N) is 2. The van der Waals surface area contributed by atoms with Crippen LogP contribution in [-0.4, -0.2) is 73.7 Å². The van der Waals surface area contributed by atoms with Gasteiger partial charge in [-0.3, -0.25) is 24.4 Å². The molecule has 1 aromatic carbocycles. The van der Waals surface area contributed by atoms with Gasteiger partial charge in [0.05, 0.1) is 23.2 Å². The molecule has 44 heavy (non-hydrogen) atoms. The van der Waals surface area contributed by atoms with Gasteiger partial charge in [0.15, 0.2) is 0 Å². The number of H-pyrrole nitrogens is 1. The highest BCUT2D eigenvalue weighted by Crippen LogP contribution is 2.35. The molecule has 0 saturated carbocycles. The van der Waals surface area contributed by atoms with E-state index in [1.54, 1.807) is 29.4 Å². The van der Waals surface area contributed by atoms with E-state index in [0.29, 0.717) is 37.3 Å². The fourth-order valence-electron chi connectivity index (χ4n) is 6.43. The smallest absolute Gasteiger partial charge is 0.272 e. The van der Waals surface area contributed by atoms with Gasteiger partial charge >= 0.3 is 0 Å². The second-order valence-corrected chi connectivity index (χ2v) is 11.9. The van der Waals surface area contributed by atoms with E-state index in [1.807, 2.05) is 61.2 Å². The highest BCUT2D eigenvalue weighted by Gasteiger charge is 2.51. The molecular weight excluding hydrogens is 552 g/mol. The van der Waals surface area contributed by atoms with Crippen LogP contribution >= 0.6 is 0 Å². The standard InChI is InChI=1S/C35H36N6O3/c1-5-22-12-10-16-36-30(22)24-14-15-28(37-19-24)33(43)40-20-26-18-25(40)21-41(26)34(44)31(35(4,6-2)7-3)39-32(42)29-17-23-11-8-9-13-27(23)38-29/h2,8-17,19,25-26,31,38H,5,7,18,20-21H2,1,3-4H3,(H,39,42). The molecule has 2 saturated heterocycles. The third-order valence-corrected chi connectivity index (χ3v) is 9.31. The molecule has 2 bridgehead atoms. The first kappa shape index (κ1) is 29.1. The molecule has 0 aliphatic carbocycles. The second-order valence-electron chi connectivity index (χ2n) is 11.9. The number of benzene rings is 1. The summed E-state index contributed by atoms with van der Waals surface area (Å²) in [5.74, 6) is 2.02. The third kappa shape index (κ3) is 5.11. The van der Waals surface area contributed by atoms with E-state index in [4.69, 9.17) is 6.42 Å². The zero-order chi connectivity index (χ0) is 31.0. The van der Waals surface area contributed by atoms with Crippen molar-refractivity contribution in [3.05, 3.63) is 83.9 Å². The van der Waals surface area contributed by atoms with E-state index >= 15 is 0 Å². The first-order chi connectivity index (χ1) is 21.3. The number of rotatable bonds is 8. The maximum absolute atomic E-state index is 14.1. The van der Waals surface area contributed by atoms with Gasteiger partial charge < -0.3 is 20.1 Å². The number of aromatic amines is 1. The molecule has 2 N–H and O–H groups in total. The molecule has 3 amide bonds. The molecule has 4 atom stereocenters. The van der Waals surface area contributed by atoms with Crippen LogP contribution in [0.3, 0.4) is 0 Å². The summed E-state index contributed by atoms with van der Waals surface area (Å²) in [4.78, 5) is 56.7.